The molecule has 1 aromatic rings. The van der Waals surface area contributed by atoms with E-state index < -0.39 is 6.04 Å². The smallest absolute Gasteiger partial charge is 0.181 e. The lowest BCUT2D eigenvalue weighted by molar-refractivity contribution is 0.0907. The third-order valence-electron chi connectivity index (χ3n) is 7.25. The lowest BCUT2D eigenvalue weighted by Crippen LogP contribution is -2.48. The van der Waals surface area contributed by atoms with Gasteiger partial charge in [0.2, 0.25) is 0 Å². The number of benzene rings is 1. The van der Waals surface area contributed by atoms with E-state index in [1.807, 2.05) is 18.2 Å². The van der Waals surface area contributed by atoms with Crippen LogP contribution in [0.2, 0.25) is 0 Å². The highest BCUT2D eigenvalue weighted by atomic mass is 16.5. The Morgan fingerprint density at radius 1 is 0.897 bits per heavy atom. The normalized spacial score (nSPS) is 17.1. The number of nitrogens with two attached hydrogens (primary N) is 1. The molecule has 39 heavy (non-hydrogen) atoms. The van der Waals surface area contributed by atoms with E-state index in [-0.39, 0.29) is 11.8 Å². The zero-order valence-electron chi connectivity index (χ0n) is 25.5. The summed E-state index contributed by atoms with van der Waals surface area (Å²) in [7, 11) is 0. The Kier molecular flexibility index (Phi) is 14.3. The van der Waals surface area contributed by atoms with Crippen LogP contribution in [0.5, 0.6) is 11.5 Å². The van der Waals surface area contributed by atoms with Gasteiger partial charge in [-0.05, 0) is 117 Å². The number of ether oxygens (including phenoxy) is 2. The molecule has 0 bridgehead atoms. The number of nitrogens with zero attached hydrogens (tertiary/aromatic N) is 1. The molecule has 1 aromatic carbocycles. The minimum absolute atomic E-state index is 0.0578. The van der Waals surface area contributed by atoms with Crippen molar-refractivity contribution < 1.29 is 14.3 Å². The van der Waals surface area contributed by atoms with Gasteiger partial charge in [-0.15, -0.1) is 0 Å². The number of ketones is 1. The second-order valence-corrected chi connectivity index (χ2v) is 11.3. The van der Waals surface area contributed by atoms with Gasteiger partial charge in [0.15, 0.2) is 5.78 Å². The first-order valence-corrected chi connectivity index (χ1v) is 14.6. The van der Waals surface area contributed by atoms with Crippen LogP contribution in [0.1, 0.15) is 97.3 Å². The van der Waals surface area contributed by atoms with E-state index in [0.717, 1.165) is 51.6 Å². The summed E-state index contributed by atoms with van der Waals surface area (Å²) in [5.74, 6) is 1.19. The minimum Gasteiger partial charge on any atom is -0.489 e. The van der Waals surface area contributed by atoms with Crippen LogP contribution in [0, 0.1) is 0 Å². The molecule has 0 amide bonds. The van der Waals surface area contributed by atoms with E-state index in [4.69, 9.17) is 15.2 Å². The van der Waals surface area contributed by atoms with Gasteiger partial charge in [-0.1, -0.05) is 41.4 Å². The van der Waals surface area contributed by atoms with Gasteiger partial charge < -0.3 is 15.2 Å². The van der Waals surface area contributed by atoms with Gasteiger partial charge in [0, 0.05) is 17.7 Å². The van der Waals surface area contributed by atoms with Gasteiger partial charge in [0.25, 0.3) is 0 Å². The van der Waals surface area contributed by atoms with Gasteiger partial charge in [-0.25, -0.2) is 0 Å². The molecular formula is C34H52N2O3. The van der Waals surface area contributed by atoms with Crippen LogP contribution in [0.25, 0.3) is 0 Å². The average Bonchev–Trinajstić information content (AvgIpc) is 3.36. The molecule has 2 unspecified atom stereocenters. The van der Waals surface area contributed by atoms with Crippen molar-refractivity contribution in [3.8, 4) is 11.5 Å². The molecule has 0 spiro atoms. The Hall–Kier alpha value is -2.63. The number of rotatable bonds is 16. The maximum atomic E-state index is 13.5. The largest absolute Gasteiger partial charge is 0.489 e. The Balaban J connectivity index is 2.16. The lowest BCUT2D eigenvalue weighted by Gasteiger charge is -2.27. The van der Waals surface area contributed by atoms with Gasteiger partial charge in [-0.3, -0.25) is 9.69 Å². The topological polar surface area (TPSA) is 64.8 Å². The number of allylic oxidation sites excluding steroid dienone is 6. The number of hydrogen-bond acceptors (Lipinski definition) is 5. The SMILES string of the molecule is CCN1CCCC1C(N)C(=O)c1cc(OC/C=C(\C)CCC=C(C)C)cc(OC/C=C(\C)CCC=C(C)C)c1. The van der Waals surface area contributed by atoms with Gasteiger partial charge in [-0.2, -0.15) is 0 Å². The monoisotopic (exact) mass is 536 g/mol. The molecule has 0 radical (unpaired) electrons. The summed E-state index contributed by atoms with van der Waals surface area (Å²) in [6.45, 7) is 17.7. The number of Topliss-reactive ketones (excluding diaryl/α,β-unsaturated/α-hetero) is 1. The molecule has 0 aliphatic carbocycles. The quantitative estimate of drug-likeness (QED) is 0.172. The Bertz CT molecular complexity index is 982. The Morgan fingerprint density at radius 3 is 1.87 bits per heavy atom. The zero-order valence-corrected chi connectivity index (χ0v) is 25.5. The fourth-order valence-electron chi connectivity index (χ4n) is 4.84. The summed E-state index contributed by atoms with van der Waals surface area (Å²) in [5.41, 5.74) is 12.3. The molecule has 0 saturated carbocycles. The fourth-order valence-corrected chi connectivity index (χ4v) is 4.84. The van der Waals surface area contributed by atoms with Crippen LogP contribution >= 0.6 is 0 Å². The summed E-state index contributed by atoms with van der Waals surface area (Å²) >= 11 is 0. The first-order chi connectivity index (χ1) is 18.6. The molecule has 216 valence electrons. The average molecular weight is 537 g/mol. The lowest BCUT2D eigenvalue weighted by atomic mass is 9.96. The van der Waals surface area contributed by atoms with E-state index in [9.17, 15) is 4.79 Å². The second kappa shape index (κ2) is 17.1. The van der Waals surface area contributed by atoms with Gasteiger partial charge in [0.1, 0.15) is 24.7 Å². The van der Waals surface area contributed by atoms with E-state index >= 15 is 0 Å². The van der Waals surface area contributed by atoms with Crippen LogP contribution in [0.15, 0.2) is 64.8 Å². The summed E-state index contributed by atoms with van der Waals surface area (Å²) in [6, 6.07) is 5.01. The first-order valence-electron chi connectivity index (χ1n) is 14.6. The van der Waals surface area contributed by atoms with Crippen LogP contribution in [0.4, 0.5) is 0 Å². The van der Waals surface area contributed by atoms with Crippen molar-refractivity contribution in [2.75, 3.05) is 26.3 Å². The molecule has 1 fully saturated rings. The Morgan fingerprint density at radius 2 is 1.41 bits per heavy atom. The molecular weight excluding hydrogens is 484 g/mol. The fraction of sp³-hybridized carbons (Fsp3) is 0.559. The molecule has 2 atom stereocenters. The van der Waals surface area contributed by atoms with Crippen LogP contribution < -0.4 is 15.2 Å². The van der Waals surface area contributed by atoms with E-state index in [1.54, 1.807) is 0 Å². The summed E-state index contributed by atoms with van der Waals surface area (Å²) < 4.78 is 12.2. The molecule has 5 nitrogen and oxygen atoms in total. The molecule has 2 N–H and O–H groups in total. The second-order valence-electron chi connectivity index (χ2n) is 11.3. The summed E-state index contributed by atoms with van der Waals surface area (Å²) in [4.78, 5) is 15.8. The van der Waals surface area contributed by atoms with Crippen LogP contribution in [-0.2, 0) is 0 Å². The number of carbonyl (C=O) groups excluding carboxylic acids is 1. The van der Waals surface area contributed by atoms with Crippen molar-refractivity contribution in [1.82, 2.24) is 4.90 Å². The van der Waals surface area contributed by atoms with E-state index in [0.29, 0.717) is 30.3 Å². The van der Waals surface area contributed by atoms with E-state index in [2.05, 4.69) is 77.7 Å². The highest BCUT2D eigenvalue weighted by molar-refractivity contribution is 6.01. The molecule has 1 aliphatic rings. The molecule has 1 saturated heterocycles. The van der Waals surface area contributed by atoms with Crippen molar-refractivity contribution in [1.29, 1.82) is 0 Å². The first kappa shape index (κ1) is 32.6. The standard InChI is InChI=1S/C34H52N2O3/c1-8-36-19-11-16-32(36)33(35)34(37)29-22-30(38-20-17-27(6)14-9-12-25(2)3)24-31(23-29)39-21-18-28(7)15-10-13-26(4)5/h12-13,17-18,22-24,32-33H,8-11,14-16,19-21,35H2,1-7H3/b27-17+,28-18+. The number of hydrogen-bond donors (Lipinski definition) is 1. The number of carbonyl (C=O) groups is 1. The van der Waals surface area contributed by atoms with Crippen LogP contribution in [-0.4, -0.2) is 49.1 Å². The van der Waals surface area contributed by atoms with E-state index in [1.165, 1.54) is 22.3 Å². The predicted molar refractivity (Wildman–Crippen MR) is 165 cm³/mol. The maximum Gasteiger partial charge on any atom is 0.181 e. The Labute approximate surface area is 237 Å². The summed E-state index contributed by atoms with van der Waals surface area (Å²) in [6.07, 6.45) is 14.8. The highest BCUT2D eigenvalue weighted by Crippen LogP contribution is 2.27. The van der Waals surface area contributed by atoms with Crippen molar-refractivity contribution in [3.05, 3.63) is 70.4 Å². The predicted octanol–water partition coefficient (Wildman–Crippen LogP) is 7.82. The third kappa shape index (κ3) is 12.0. The van der Waals surface area contributed by atoms with Crippen molar-refractivity contribution in [2.24, 2.45) is 5.73 Å². The van der Waals surface area contributed by atoms with Gasteiger partial charge >= 0.3 is 0 Å². The van der Waals surface area contributed by atoms with Crippen molar-refractivity contribution in [3.63, 3.8) is 0 Å². The molecule has 2 rings (SSSR count). The van der Waals surface area contributed by atoms with Gasteiger partial charge in [0.05, 0.1) is 6.04 Å². The van der Waals surface area contributed by atoms with Crippen LogP contribution in [0.3, 0.4) is 0 Å². The van der Waals surface area contributed by atoms with Crippen molar-refractivity contribution >= 4 is 5.78 Å². The molecule has 1 heterocycles. The molecule has 1 aliphatic heterocycles. The zero-order chi connectivity index (χ0) is 28.8. The molecule has 0 aromatic heterocycles. The number of likely N-dealkylation sites (tertiary alicyclic amines) is 1. The highest BCUT2D eigenvalue weighted by Gasteiger charge is 2.33. The third-order valence-corrected chi connectivity index (χ3v) is 7.25. The molecule has 5 heteroatoms. The number of likely N-dealkylation sites (N-methyl/N-ethyl adjacent to an activating group) is 1. The van der Waals surface area contributed by atoms with Crippen molar-refractivity contribution in [2.45, 2.75) is 99.1 Å². The summed E-state index contributed by atoms with van der Waals surface area (Å²) in [5, 5.41) is 0. The maximum absolute atomic E-state index is 13.5. The minimum atomic E-state index is -0.565.